The number of rotatable bonds is 4. The minimum absolute atomic E-state index is 0.192. The van der Waals surface area contributed by atoms with Gasteiger partial charge in [0.1, 0.15) is 0 Å². The van der Waals surface area contributed by atoms with Gasteiger partial charge in [-0.1, -0.05) is 52.8 Å². The number of hydrogen-bond donors (Lipinski definition) is 1. The summed E-state index contributed by atoms with van der Waals surface area (Å²) in [6.45, 7) is 11.2. The van der Waals surface area contributed by atoms with Crippen molar-refractivity contribution in [3.63, 3.8) is 0 Å². The molecule has 1 unspecified atom stereocenters. The number of nitrogens with one attached hydrogen (secondary N) is 1. The first-order valence-electron chi connectivity index (χ1n) is 9.61. The molecule has 0 radical (unpaired) electrons. The van der Waals surface area contributed by atoms with Crippen LogP contribution in [0.25, 0.3) is 0 Å². The average molecular weight is 344 g/mol. The minimum Gasteiger partial charge on any atom is -0.331 e. The van der Waals surface area contributed by atoms with E-state index in [-0.39, 0.29) is 23.8 Å². The van der Waals surface area contributed by atoms with Crippen LogP contribution < -0.4 is 5.32 Å². The van der Waals surface area contributed by atoms with Crippen molar-refractivity contribution in [3.8, 4) is 0 Å². The Bertz CT molecular complexity index is 596. The Labute approximate surface area is 152 Å². The number of nitrogens with zero attached hydrogens (tertiary/aromatic N) is 1. The summed E-state index contributed by atoms with van der Waals surface area (Å²) in [4.78, 5) is 27.2. The normalized spacial score (nSPS) is 17.9. The Morgan fingerprint density at radius 1 is 1.12 bits per heavy atom. The Morgan fingerprint density at radius 2 is 1.72 bits per heavy atom. The molecule has 1 atom stereocenters. The zero-order chi connectivity index (χ0) is 18.6. The molecule has 25 heavy (non-hydrogen) atoms. The summed E-state index contributed by atoms with van der Waals surface area (Å²) in [5.41, 5.74) is 2.98. The molecule has 1 saturated heterocycles. The predicted molar refractivity (Wildman–Crippen MR) is 103 cm³/mol. The third-order valence-electron chi connectivity index (χ3n) is 5.16. The average Bonchev–Trinajstić information content (AvgIpc) is 2.60. The monoisotopic (exact) mass is 344 g/mol. The van der Waals surface area contributed by atoms with Crippen molar-refractivity contribution in [1.82, 2.24) is 4.90 Å². The summed E-state index contributed by atoms with van der Waals surface area (Å²) in [6, 6.07) is 6.29. The van der Waals surface area contributed by atoms with Crippen molar-refractivity contribution < 1.29 is 9.59 Å². The Morgan fingerprint density at radius 3 is 2.24 bits per heavy atom. The van der Waals surface area contributed by atoms with Crippen molar-refractivity contribution in [2.24, 2.45) is 0 Å². The van der Waals surface area contributed by atoms with Gasteiger partial charge in [0.05, 0.1) is 0 Å². The standard InChI is InChI=1S/C21H32N2O2/c1-6-16-10-7-8-13-23(16)21(25)20(24)22-19-17(14(2)3)11-9-12-18(19)15(4)5/h9,11-12,14-16H,6-8,10,13H2,1-5H3,(H,22,24). The molecule has 4 heteroatoms. The van der Waals surface area contributed by atoms with Gasteiger partial charge in [-0.2, -0.15) is 0 Å². The van der Waals surface area contributed by atoms with Crippen LogP contribution in [0.2, 0.25) is 0 Å². The van der Waals surface area contributed by atoms with E-state index in [0.29, 0.717) is 6.54 Å². The van der Waals surface area contributed by atoms with Crippen molar-refractivity contribution in [1.29, 1.82) is 0 Å². The molecule has 1 aliphatic rings. The number of piperidine rings is 1. The van der Waals surface area contributed by atoms with Gasteiger partial charge in [0, 0.05) is 18.3 Å². The molecule has 0 aromatic heterocycles. The van der Waals surface area contributed by atoms with Gasteiger partial charge in [0.15, 0.2) is 0 Å². The molecule has 1 aromatic rings. The smallest absolute Gasteiger partial charge is 0.313 e. The second-order valence-electron chi connectivity index (χ2n) is 7.63. The van der Waals surface area contributed by atoms with Crippen LogP contribution in [0.3, 0.4) is 0 Å². The van der Waals surface area contributed by atoms with Gasteiger partial charge < -0.3 is 10.2 Å². The predicted octanol–water partition coefficient (Wildman–Crippen LogP) is 4.66. The van der Waals surface area contributed by atoms with Crippen molar-refractivity contribution >= 4 is 17.5 Å². The van der Waals surface area contributed by atoms with Crippen LogP contribution in [0.15, 0.2) is 18.2 Å². The molecular formula is C21H32N2O2. The molecule has 0 saturated carbocycles. The maximum Gasteiger partial charge on any atom is 0.313 e. The SMILES string of the molecule is CCC1CCCCN1C(=O)C(=O)Nc1c(C(C)C)cccc1C(C)C. The summed E-state index contributed by atoms with van der Waals surface area (Å²) in [5.74, 6) is -0.333. The highest BCUT2D eigenvalue weighted by atomic mass is 16.2. The van der Waals surface area contributed by atoms with E-state index in [2.05, 4.69) is 39.9 Å². The summed E-state index contributed by atoms with van der Waals surface area (Å²) < 4.78 is 0. The summed E-state index contributed by atoms with van der Waals surface area (Å²) in [6.07, 6.45) is 4.02. The molecule has 2 rings (SSSR count). The largest absolute Gasteiger partial charge is 0.331 e. The Kier molecular flexibility index (Phi) is 6.63. The van der Waals surface area contributed by atoms with E-state index in [4.69, 9.17) is 0 Å². The van der Waals surface area contributed by atoms with Crippen LogP contribution in [0, 0.1) is 0 Å². The zero-order valence-electron chi connectivity index (χ0n) is 16.3. The van der Waals surface area contributed by atoms with E-state index < -0.39 is 5.91 Å². The second-order valence-corrected chi connectivity index (χ2v) is 7.63. The molecule has 0 spiro atoms. The third-order valence-corrected chi connectivity index (χ3v) is 5.16. The molecular weight excluding hydrogens is 312 g/mol. The zero-order valence-corrected chi connectivity index (χ0v) is 16.3. The quantitative estimate of drug-likeness (QED) is 0.807. The maximum atomic E-state index is 12.7. The molecule has 1 aromatic carbocycles. The van der Waals surface area contributed by atoms with Crippen LogP contribution in [-0.4, -0.2) is 29.3 Å². The fourth-order valence-electron chi connectivity index (χ4n) is 3.69. The van der Waals surface area contributed by atoms with Crippen LogP contribution in [0.5, 0.6) is 0 Å². The highest BCUT2D eigenvalue weighted by molar-refractivity contribution is 6.39. The number of anilines is 1. The number of likely N-dealkylation sites (tertiary alicyclic amines) is 1. The lowest BCUT2D eigenvalue weighted by atomic mass is 9.92. The van der Waals surface area contributed by atoms with E-state index in [1.807, 2.05) is 18.2 Å². The van der Waals surface area contributed by atoms with Crippen LogP contribution >= 0.6 is 0 Å². The molecule has 138 valence electrons. The topological polar surface area (TPSA) is 49.4 Å². The number of carbonyl (C=O) groups is 2. The number of amides is 2. The molecule has 1 aliphatic heterocycles. The summed E-state index contributed by atoms with van der Waals surface area (Å²) in [7, 11) is 0. The van der Waals surface area contributed by atoms with Crippen molar-refractivity contribution in [2.45, 2.75) is 78.2 Å². The third kappa shape index (κ3) is 4.42. The van der Waals surface area contributed by atoms with Gasteiger partial charge in [0.25, 0.3) is 0 Å². The minimum atomic E-state index is -0.504. The molecule has 1 heterocycles. The molecule has 4 nitrogen and oxygen atoms in total. The van der Waals surface area contributed by atoms with E-state index in [9.17, 15) is 9.59 Å². The van der Waals surface area contributed by atoms with Gasteiger partial charge in [0.2, 0.25) is 0 Å². The van der Waals surface area contributed by atoms with E-state index >= 15 is 0 Å². The number of hydrogen-bond acceptors (Lipinski definition) is 2. The molecule has 1 fully saturated rings. The van der Waals surface area contributed by atoms with Gasteiger partial charge >= 0.3 is 11.8 Å². The fourth-order valence-corrected chi connectivity index (χ4v) is 3.69. The molecule has 0 aliphatic carbocycles. The van der Waals surface area contributed by atoms with Crippen LogP contribution in [0.1, 0.15) is 83.3 Å². The van der Waals surface area contributed by atoms with Gasteiger partial charge in [-0.15, -0.1) is 0 Å². The van der Waals surface area contributed by atoms with Crippen LogP contribution in [0.4, 0.5) is 5.69 Å². The number of para-hydroxylation sites is 1. The second kappa shape index (κ2) is 8.50. The first-order chi connectivity index (χ1) is 11.9. The number of benzene rings is 1. The first-order valence-corrected chi connectivity index (χ1v) is 9.61. The molecule has 0 bridgehead atoms. The fraction of sp³-hybridized carbons (Fsp3) is 0.619. The van der Waals surface area contributed by atoms with E-state index in [1.165, 1.54) is 0 Å². The lowest BCUT2D eigenvalue weighted by Gasteiger charge is -2.34. The van der Waals surface area contributed by atoms with E-state index in [1.54, 1.807) is 4.90 Å². The molecule has 1 N–H and O–H groups in total. The number of carbonyl (C=O) groups excluding carboxylic acids is 2. The van der Waals surface area contributed by atoms with Crippen molar-refractivity contribution in [2.75, 3.05) is 11.9 Å². The highest BCUT2D eigenvalue weighted by Gasteiger charge is 2.30. The summed E-state index contributed by atoms with van der Waals surface area (Å²) in [5, 5.41) is 2.95. The van der Waals surface area contributed by atoms with Gasteiger partial charge in [-0.05, 0) is 48.6 Å². The molecule has 2 amide bonds. The first kappa shape index (κ1) is 19.5. The van der Waals surface area contributed by atoms with Gasteiger partial charge in [-0.25, -0.2) is 0 Å². The lowest BCUT2D eigenvalue weighted by molar-refractivity contribution is -0.145. The highest BCUT2D eigenvalue weighted by Crippen LogP contribution is 2.32. The lowest BCUT2D eigenvalue weighted by Crippen LogP contribution is -2.48. The van der Waals surface area contributed by atoms with Gasteiger partial charge in [-0.3, -0.25) is 9.59 Å². The maximum absolute atomic E-state index is 12.7. The Balaban J connectivity index is 2.26. The van der Waals surface area contributed by atoms with E-state index in [0.717, 1.165) is 42.5 Å². The summed E-state index contributed by atoms with van der Waals surface area (Å²) >= 11 is 0. The van der Waals surface area contributed by atoms with Crippen molar-refractivity contribution in [3.05, 3.63) is 29.3 Å². The Hall–Kier alpha value is -1.84. The van der Waals surface area contributed by atoms with Crippen LogP contribution in [-0.2, 0) is 9.59 Å².